The van der Waals surface area contributed by atoms with Crippen molar-refractivity contribution in [3.8, 4) is 0 Å². The predicted molar refractivity (Wildman–Crippen MR) is 121 cm³/mol. The molecule has 1 atom stereocenters. The Balaban J connectivity index is 1.70. The average molecular weight is 491 g/mol. The highest BCUT2D eigenvalue weighted by Gasteiger charge is 2.31. The minimum Gasteiger partial charge on any atom is -0.444 e. The van der Waals surface area contributed by atoms with Gasteiger partial charge in [0.15, 0.2) is 0 Å². The Morgan fingerprint density at radius 2 is 1.77 bits per heavy atom. The Morgan fingerprint density at radius 1 is 1.13 bits per heavy atom. The average Bonchev–Trinajstić information content (AvgIpc) is 2.72. The fourth-order valence-electron chi connectivity index (χ4n) is 3.63. The molecule has 0 aliphatic carbocycles. The molecule has 2 aromatic rings. The first kappa shape index (κ1) is 23.3. The van der Waals surface area contributed by atoms with Crippen LogP contribution in [0.25, 0.3) is 0 Å². The number of hydrogen-bond donors (Lipinski definition) is 1. The standard InChI is InChI=1S/C24H28BrFN2O3/c1-24(2,3)31-23(30)28-13-11-17(12-14-28)22(29)27-21(16-7-5-4-6-8-16)19-10-9-18(25)15-20(19)26/h4-10,15,17,21H,11-14H2,1-3H3,(H,27,29). The van der Waals surface area contributed by atoms with Gasteiger partial charge in [0.05, 0.1) is 6.04 Å². The summed E-state index contributed by atoms with van der Waals surface area (Å²) in [5, 5.41) is 3.03. The molecule has 0 aromatic heterocycles. The number of rotatable bonds is 4. The first-order valence-corrected chi connectivity index (χ1v) is 11.2. The van der Waals surface area contributed by atoms with Crippen LogP contribution >= 0.6 is 15.9 Å². The van der Waals surface area contributed by atoms with Crippen LogP contribution < -0.4 is 5.32 Å². The zero-order valence-electron chi connectivity index (χ0n) is 18.0. The fourth-order valence-corrected chi connectivity index (χ4v) is 3.97. The molecule has 2 amide bonds. The van der Waals surface area contributed by atoms with Crippen LogP contribution in [0.3, 0.4) is 0 Å². The number of halogens is 2. The number of benzene rings is 2. The lowest BCUT2D eigenvalue weighted by molar-refractivity contribution is -0.127. The van der Waals surface area contributed by atoms with Crippen LogP contribution in [0.2, 0.25) is 0 Å². The van der Waals surface area contributed by atoms with E-state index in [0.717, 1.165) is 5.56 Å². The smallest absolute Gasteiger partial charge is 0.410 e. The van der Waals surface area contributed by atoms with Crippen molar-refractivity contribution in [3.63, 3.8) is 0 Å². The molecule has 166 valence electrons. The number of nitrogens with one attached hydrogen (secondary N) is 1. The highest BCUT2D eigenvalue weighted by molar-refractivity contribution is 9.10. The number of carbonyl (C=O) groups is 2. The highest BCUT2D eigenvalue weighted by Crippen LogP contribution is 2.28. The molecule has 1 aliphatic heterocycles. The zero-order chi connectivity index (χ0) is 22.6. The molecular weight excluding hydrogens is 463 g/mol. The summed E-state index contributed by atoms with van der Waals surface area (Å²) in [5.74, 6) is -0.772. The van der Waals surface area contributed by atoms with Gasteiger partial charge in [-0.15, -0.1) is 0 Å². The number of piperidine rings is 1. The maximum absolute atomic E-state index is 14.7. The lowest BCUT2D eigenvalue weighted by Gasteiger charge is -2.33. The van der Waals surface area contributed by atoms with Gasteiger partial charge >= 0.3 is 6.09 Å². The number of likely N-dealkylation sites (tertiary alicyclic amines) is 1. The van der Waals surface area contributed by atoms with E-state index in [1.165, 1.54) is 6.07 Å². The quantitative estimate of drug-likeness (QED) is 0.620. The normalized spacial score (nSPS) is 16.0. The Kier molecular flexibility index (Phi) is 7.36. The Labute approximate surface area is 191 Å². The lowest BCUT2D eigenvalue weighted by Crippen LogP contribution is -2.45. The van der Waals surface area contributed by atoms with Gasteiger partial charge in [-0.3, -0.25) is 4.79 Å². The first-order valence-electron chi connectivity index (χ1n) is 10.4. The van der Waals surface area contributed by atoms with Crippen LogP contribution in [0, 0.1) is 11.7 Å². The highest BCUT2D eigenvalue weighted by atomic mass is 79.9. The van der Waals surface area contributed by atoms with Gasteiger partial charge in [-0.1, -0.05) is 52.3 Å². The van der Waals surface area contributed by atoms with Crippen LogP contribution in [0.15, 0.2) is 53.0 Å². The fraction of sp³-hybridized carbons (Fsp3) is 0.417. The van der Waals surface area contributed by atoms with Crippen LogP contribution in [0.5, 0.6) is 0 Å². The molecule has 1 saturated heterocycles. The van der Waals surface area contributed by atoms with Crippen molar-refractivity contribution in [2.75, 3.05) is 13.1 Å². The molecule has 3 rings (SSSR count). The summed E-state index contributed by atoms with van der Waals surface area (Å²) in [5.41, 5.74) is 0.667. The molecule has 31 heavy (non-hydrogen) atoms. The van der Waals surface area contributed by atoms with Crippen LogP contribution in [0.4, 0.5) is 9.18 Å². The first-order chi connectivity index (χ1) is 14.6. The number of carbonyl (C=O) groups excluding carboxylic acids is 2. The van der Waals surface area contributed by atoms with E-state index in [0.29, 0.717) is 36.0 Å². The SMILES string of the molecule is CC(C)(C)OC(=O)N1CCC(C(=O)NC(c2ccccc2)c2ccc(Br)cc2F)CC1. The molecule has 2 aromatic carbocycles. The number of hydrogen-bond acceptors (Lipinski definition) is 3. The van der Waals surface area contributed by atoms with Crippen molar-refractivity contribution in [2.24, 2.45) is 5.92 Å². The molecular formula is C24H28BrFN2O3. The van der Waals surface area contributed by atoms with Crippen LogP contribution in [0.1, 0.15) is 50.8 Å². The molecule has 0 radical (unpaired) electrons. The van der Waals surface area contributed by atoms with E-state index >= 15 is 0 Å². The molecule has 0 spiro atoms. The second kappa shape index (κ2) is 9.81. The number of amides is 2. The van der Waals surface area contributed by atoms with Gasteiger partial charge in [-0.25, -0.2) is 9.18 Å². The van der Waals surface area contributed by atoms with Gasteiger partial charge < -0.3 is 15.0 Å². The molecule has 7 heteroatoms. The molecule has 1 heterocycles. The maximum Gasteiger partial charge on any atom is 0.410 e. The second-order valence-electron chi connectivity index (χ2n) is 8.76. The van der Waals surface area contributed by atoms with Gasteiger partial charge in [-0.2, -0.15) is 0 Å². The number of ether oxygens (including phenoxy) is 1. The van der Waals surface area contributed by atoms with Gasteiger partial charge in [0, 0.05) is 29.0 Å². The molecule has 1 aliphatic rings. The molecule has 5 nitrogen and oxygen atoms in total. The molecule has 1 N–H and O–H groups in total. The largest absolute Gasteiger partial charge is 0.444 e. The minimum absolute atomic E-state index is 0.139. The third-order valence-corrected chi connectivity index (χ3v) is 5.70. The lowest BCUT2D eigenvalue weighted by atomic mass is 9.93. The number of nitrogens with zero attached hydrogens (tertiary/aromatic N) is 1. The molecule has 1 fully saturated rings. The zero-order valence-corrected chi connectivity index (χ0v) is 19.6. The van der Waals surface area contributed by atoms with Crippen LogP contribution in [-0.4, -0.2) is 35.6 Å². The molecule has 1 unspecified atom stereocenters. The summed E-state index contributed by atoms with van der Waals surface area (Å²) in [7, 11) is 0. The third kappa shape index (κ3) is 6.29. The van der Waals surface area contributed by atoms with Crippen molar-refractivity contribution in [2.45, 2.75) is 45.3 Å². The van der Waals surface area contributed by atoms with E-state index in [1.807, 2.05) is 51.1 Å². The van der Waals surface area contributed by atoms with Crippen molar-refractivity contribution in [1.29, 1.82) is 0 Å². The van der Waals surface area contributed by atoms with E-state index in [2.05, 4.69) is 21.2 Å². The van der Waals surface area contributed by atoms with Crippen molar-refractivity contribution < 1.29 is 18.7 Å². The molecule has 0 bridgehead atoms. The summed E-state index contributed by atoms with van der Waals surface area (Å²) >= 11 is 3.28. The Morgan fingerprint density at radius 3 is 2.35 bits per heavy atom. The van der Waals surface area contributed by atoms with Gasteiger partial charge in [-0.05, 0) is 51.3 Å². The molecule has 0 saturated carbocycles. The topological polar surface area (TPSA) is 58.6 Å². The van der Waals surface area contributed by atoms with E-state index in [9.17, 15) is 14.0 Å². The van der Waals surface area contributed by atoms with Gasteiger partial charge in [0.1, 0.15) is 11.4 Å². The monoisotopic (exact) mass is 490 g/mol. The van der Waals surface area contributed by atoms with Crippen molar-refractivity contribution in [1.82, 2.24) is 10.2 Å². The van der Waals surface area contributed by atoms with E-state index in [-0.39, 0.29) is 23.7 Å². The Hall–Kier alpha value is -2.41. The van der Waals surface area contributed by atoms with E-state index in [1.54, 1.807) is 17.0 Å². The Bertz CT molecular complexity index is 922. The van der Waals surface area contributed by atoms with Crippen molar-refractivity contribution >= 4 is 27.9 Å². The summed E-state index contributed by atoms with van der Waals surface area (Å²) in [6.45, 7) is 6.40. The van der Waals surface area contributed by atoms with Crippen molar-refractivity contribution in [3.05, 3.63) is 69.9 Å². The second-order valence-corrected chi connectivity index (χ2v) is 9.68. The van der Waals surface area contributed by atoms with Gasteiger partial charge in [0.2, 0.25) is 5.91 Å². The van der Waals surface area contributed by atoms with Crippen LogP contribution in [-0.2, 0) is 9.53 Å². The minimum atomic E-state index is -0.592. The van der Waals surface area contributed by atoms with E-state index < -0.39 is 11.6 Å². The summed E-state index contributed by atoms with van der Waals surface area (Å²) in [6, 6.07) is 13.6. The summed E-state index contributed by atoms with van der Waals surface area (Å²) in [4.78, 5) is 27.0. The van der Waals surface area contributed by atoms with Gasteiger partial charge in [0.25, 0.3) is 0 Å². The summed E-state index contributed by atoms with van der Waals surface area (Å²) < 4.78 is 20.8. The predicted octanol–water partition coefficient (Wildman–Crippen LogP) is 5.44. The maximum atomic E-state index is 14.7. The summed E-state index contributed by atoms with van der Waals surface area (Å²) in [6.07, 6.45) is 0.718. The van der Waals surface area contributed by atoms with E-state index in [4.69, 9.17) is 4.74 Å². The third-order valence-electron chi connectivity index (χ3n) is 5.21.